The van der Waals surface area contributed by atoms with Crippen molar-refractivity contribution >= 4 is 19.1 Å². The molecule has 0 spiro atoms. The first-order valence-corrected chi connectivity index (χ1v) is 7.77. The highest BCUT2D eigenvalue weighted by atomic mass is 19.1. The standard InChI is InChI=1S/C17H22BF2NO3/c1-11(22)21-10-13(8-12-9-14(19)6-7-15(12)20)18-23-16(2,3)17(4,5)24-18/h6-9H,10H2,1-5H3,(H,21,22). The molecule has 1 aliphatic rings. The number of halogens is 2. The average Bonchev–Trinajstić information content (AvgIpc) is 2.66. The van der Waals surface area contributed by atoms with E-state index in [9.17, 15) is 13.6 Å². The highest BCUT2D eigenvalue weighted by Gasteiger charge is 2.52. The van der Waals surface area contributed by atoms with Crippen LogP contribution >= 0.6 is 0 Å². The van der Waals surface area contributed by atoms with Crippen LogP contribution in [0.5, 0.6) is 0 Å². The molecule has 0 atom stereocenters. The van der Waals surface area contributed by atoms with Gasteiger partial charge in [0.25, 0.3) is 0 Å². The highest BCUT2D eigenvalue weighted by Crippen LogP contribution is 2.38. The van der Waals surface area contributed by atoms with Gasteiger partial charge in [0.1, 0.15) is 11.6 Å². The van der Waals surface area contributed by atoms with Crippen LogP contribution in [0.2, 0.25) is 0 Å². The van der Waals surface area contributed by atoms with Crippen molar-refractivity contribution in [2.45, 2.75) is 45.8 Å². The van der Waals surface area contributed by atoms with E-state index in [0.717, 1.165) is 18.2 Å². The molecule has 1 aromatic rings. The Balaban J connectivity index is 2.37. The molecule has 0 bridgehead atoms. The topological polar surface area (TPSA) is 47.6 Å². The molecule has 2 rings (SSSR count). The van der Waals surface area contributed by atoms with E-state index in [2.05, 4.69) is 5.32 Å². The quantitative estimate of drug-likeness (QED) is 0.859. The van der Waals surface area contributed by atoms with E-state index >= 15 is 0 Å². The third-order valence-corrected chi connectivity index (χ3v) is 4.40. The van der Waals surface area contributed by atoms with Gasteiger partial charge in [-0.2, -0.15) is 0 Å². The predicted molar refractivity (Wildman–Crippen MR) is 89.1 cm³/mol. The van der Waals surface area contributed by atoms with Crippen LogP contribution in [0.1, 0.15) is 40.2 Å². The Morgan fingerprint density at radius 3 is 2.33 bits per heavy atom. The molecule has 1 saturated heterocycles. The lowest BCUT2D eigenvalue weighted by molar-refractivity contribution is -0.118. The van der Waals surface area contributed by atoms with Gasteiger partial charge in [-0.25, -0.2) is 8.78 Å². The van der Waals surface area contributed by atoms with Gasteiger partial charge in [0.15, 0.2) is 0 Å². The Kier molecular flexibility index (Phi) is 5.15. The fourth-order valence-corrected chi connectivity index (χ4v) is 2.25. The Morgan fingerprint density at radius 1 is 1.21 bits per heavy atom. The normalized spacial score (nSPS) is 19.5. The van der Waals surface area contributed by atoms with Gasteiger partial charge in [-0.15, -0.1) is 0 Å². The summed E-state index contributed by atoms with van der Waals surface area (Å²) in [6.07, 6.45) is 1.45. The third-order valence-electron chi connectivity index (χ3n) is 4.40. The first-order valence-electron chi connectivity index (χ1n) is 7.77. The lowest BCUT2D eigenvalue weighted by Gasteiger charge is -2.32. The van der Waals surface area contributed by atoms with Gasteiger partial charge < -0.3 is 14.6 Å². The Bertz CT molecular complexity index is 658. The number of nitrogens with one attached hydrogen (secondary N) is 1. The fraction of sp³-hybridized carbons (Fsp3) is 0.471. The van der Waals surface area contributed by atoms with E-state index in [1.165, 1.54) is 13.0 Å². The third kappa shape index (κ3) is 4.02. The minimum Gasteiger partial charge on any atom is -0.400 e. The number of hydrogen-bond donors (Lipinski definition) is 1. The zero-order chi connectivity index (χ0) is 18.1. The molecule has 7 heteroatoms. The average molecular weight is 337 g/mol. The van der Waals surface area contributed by atoms with Crippen LogP contribution in [0.25, 0.3) is 6.08 Å². The van der Waals surface area contributed by atoms with Crippen molar-refractivity contribution in [2.75, 3.05) is 6.54 Å². The molecule has 130 valence electrons. The maximum atomic E-state index is 13.9. The number of carbonyl (C=O) groups excluding carboxylic acids is 1. The first kappa shape index (κ1) is 18.6. The monoisotopic (exact) mass is 337 g/mol. The number of carbonyl (C=O) groups is 1. The Hall–Kier alpha value is -1.73. The highest BCUT2D eigenvalue weighted by molar-refractivity contribution is 6.56. The summed E-state index contributed by atoms with van der Waals surface area (Å²) in [5, 5.41) is 2.65. The molecule has 24 heavy (non-hydrogen) atoms. The number of amides is 1. The van der Waals surface area contributed by atoms with Crippen molar-refractivity contribution < 1.29 is 22.9 Å². The summed E-state index contributed by atoms with van der Waals surface area (Å²) >= 11 is 0. The molecule has 0 saturated carbocycles. The van der Waals surface area contributed by atoms with E-state index in [0.29, 0.717) is 5.47 Å². The maximum Gasteiger partial charge on any atom is 0.492 e. The fourth-order valence-electron chi connectivity index (χ4n) is 2.25. The van der Waals surface area contributed by atoms with E-state index in [-0.39, 0.29) is 18.0 Å². The van der Waals surface area contributed by atoms with Crippen molar-refractivity contribution in [1.82, 2.24) is 5.32 Å². The summed E-state index contributed by atoms with van der Waals surface area (Å²) in [7, 11) is -0.760. The lowest BCUT2D eigenvalue weighted by atomic mass is 9.77. The maximum absolute atomic E-state index is 13.9. The Morgan fingerprint density at radius 2 is 1.79 bits per heavy atom. The molecular formula is C17H22BF2NO3. The van der Waals surface area contributed by atoms with Crippen molar-refractivity contribution in [2.24, 2.45) is 0 Å². The zero-order valence-electron chi connectivity index (χ0n) is 14.6. The van der Waals surface area contributed by atoms with Crippen LogP contribution in [0.3, 0.4) is 0 Å². The second-order valence-electron chi connectivity index (χ2n) is 6.88. The van der Waals surface area contributed by atoms with E-state index in [1.54, 1.807) is 0 Å². The van der Waals surface area contributed by atoms with E-state index < -0.39 is 30.0 Å². The van der Waals surface area contributed by atoms with Crippen molar-refractivity contribution in [1.29, 1.82) is 0 Å². The number of benzene rings is 1. The molecule has 0 aliphatic carbocycles. The molecule has 1 N–H and O–H groups in total. The van der Waals surface area contributed by atoms with Crippen LogP contribution in [-0.2, 0) is 14.1 Å². The van der Waals surface area contributed by atoms with Crippen LogP contribution < -0.4 is 5.32 Å². The molecule has 0 unspecified atom stereocenters. The molecule has 1 amide bonds. The zero-order valence-corrected chi connectivity index (χ0v) is 14.6. The van der Waals surface area contributed by atoms with Crippen molar-refractivity contribution in [3.05, 3.63) is 40.9 Å². The smallest absolute Gasteiger partial charge is 0.400 e. The molecule has 0 radical (unpaired) electrons. The summed E-state index contributed by atoms with van der Waals surface area (Å²) in [5.41, 5.74) is -0.570. The van der Waals surface area contributed by atoms with Crippen molar-refractivity contribution in [3.8, 4) is 0 Å². The van der Waals surface area contributed by atoms with Gasteiger partial charge in [-0.1, -0.05) is 6.08 Å². The minimum absolute atomic E-state index is 0.0741. The van der Waals surface area contributed by atoms with Crippen molar-refractivity contribution in [3.63, 3.8) is 0 Å². The summed E-state index contributed by atoms with van der Waals surface area (Å²) in [5.74, 6) is -1.35. The van der Waals surface area contributed by atoms with Gasteiger partial charge in [0.2, 0.25) is 5.91 Å². The minimum atomic E-state index is -0.760. The van der Waals surface area contributed by atoms with Gasteiger partial charge >= 0.3 is 7.12 Å². The molecule has 4 nitrogen and oxygen atoms in total. The molecule has 1 aromatic carbocycles. The summed E-state index contributed by atoms with van der Waals surface area (Å²) < 4.78 is 39.2. The van der Waals surface area contributed by atoms with Crippen LogP contribution in [-0.4, -0.2) is 30.8 Å². The second-order valence-corrected chi connectivity index (χ2v) is 6.88. The molecular weight excluding hydrogens is 315 g/mol. The number of hydrogen-bond acceptors (Lipinski definition) is 3. The SMILES string of the molecule is CC(=O)NCC(=Cc1cc(F)ccc1F)B1OC(C)(C)C(C)(C)O1. The predicted octanol–water partition coefficient (Wildman–Crippen LogP) is 3.12. The Labute approximate surface area is 141 Å². The summed E-state index contributed by atoms with van der Waals surface area (Å²) in [6, 6.07) is 3.20. The van der Waals surface area contributed by atoms with Gasteiger partial charge in [0, 0.05) is 19.0 Å². The van der Waals surface area contributed by atoms with E-state index in [1.807, 2.05) is 27.7 Å². The molecule has 1 aliphatic heterocycles. The first-order chi connectivity index (χ1) is 11.0. The largest absolute Gasteiger partial charge is 0.492 e. The molecule has 1 fully saturated rings. The van der Waals surface area contributed by atoms with Gasteiger partial charge in [-0.05, 0) is 51.4 Å². The van der Waals surface area contributed by atoms with Crippen LogP contribution in [0.4, 0.5) is 8.78 Å². The second kappa shape index (κ2) is 6.65. The number of rotatable bonds is 4. The lowest BCUT2D eigenvalue weighted by Crippen LogP contribution is -2.41. The van der Waals surface area contributed by atoms with Crippen LogP contribution in [0.15, 0.2) is 23.7 Å². The van der Waals surface area contributed by atoms with Crippen LogP contribution in [0, 0.1) is 11.6 Å². The van der Waals surface area contributed by atoms with Gasteiger partial charge in [-0.3, -0.25) is 4.79 Å². The molecule has 0 aromatic heterocycles. The van der Waals surface area contributed by atoms with Gasteiger partial charge in [0.05, 0.1) is 11.2 Å². The van der Waals surface area contributed by atoms with E-state index in [4.69, 9.17) is 9.31 Å². The summed E-state index contributed by atoms with van der Waals surface area (Å²) in [4.78, 5) is 11.2. The summed E-state index contributed by atoms with van der Waals surface area (Å²) in [6.45, 7) is 9.07. The molecule has 1 heterocycles.